The zero-order chi connectivity index (χ0) is 12.5. The van der Waals surface area contributed by atoms with Crippen LogP contribution in [0.3, 0.4) is 0 Å². The maximum atomic E-state index is 10.1. The van der Waals surface area contributed by atoms with Gasteiger partial charge in [-0.2, -0.15) is 0 Å². The van der Waals surface area contributed by atoms with Gasteiger partial charge >= 0.3 is 0 Å². The molecule has 2 heterocycles. The Morgan fingerprint density at radius 1 is 1.33 bits per heavy atom. The summed E-state index contributed by atoms with van der Waals surface area (Å²) in [5.74, 6) is 0.476. The molecule has 3 atom stereocenters. The monoisotopic (exact) mass is 250 g/mol. The number of hydrogen-bond donors (Lipinski definition) is 1. The van der Waals surface area contributed by atoms with Crippen LogP contribution >= 0.6 is 0 Å². The van der Waals surface area contributed by atoms with Gasteiger partial charge in [0.05, 0.1) is 11.8 Å². The Bertz CT molecular complexity index is 405. The number of hydrogen-bond acceptors (Lipinski definition) is 4. The molecule has 2 fully saturated rings. The summed E-state index contributed by atoms with van der Waals surface area (Å²) in [6, 6.07) is 0.546. The van der Waals surface area contributed by atoms with Crippen LogP contribution in [-0.4, -0.2) is 43.7 Å². The number of nitrogens with zero attached hydrogens (tertiary/aromatic N) is 4. The van der Waals surface area contributed by atoms with Crippen molar-refractivity contribution in [1.29, 1.82) is 0 Å². The van der Waals surface area contributed by atoms with Gasteiger partial charge in [0.25, 0.3) is 0 Å². The fraction of sp³-hybridized carbons (Fsp3) is 0.846. The molecule has 2 aliphatic rings. The van der Waals surface area contributed by atoms with Gasteiger partial charge in [0.15, 0.2) is 0 Å². The highest BCUT2D eigenvalue weighted by Gasteiger charge is 2.38. The third kappa shape index (κ3) is 2.29. The van der Waals surface area contributed by atoms with Crippen LogP contribution in [0.4, 0.5) is 0 Å². The standard InChI is InChI=1S/C13H22N4O/c1-16-8-10(14-15-16)9-17-7-3-5-12(17)11-4-2-6-13(11)18/h8,11-13,18H,2-7,9H2,1H3. The van der Waals surface area contributed by atoms with Crippen LogP contribution in [0.1, 0.15) is 37.8 Å². The molecule has 0 amide bonds. The predicted octanol–water partition coefficient (Wildman–Crippen LogP) is 0.940. The first-order valence-electron chi connectivity index (χ1n) is 7.01. The number of likely N-dealkylation sites (tertiary alicyclic amines) is 1. The molecule has 5 heteroatoms. The van der Waals surface area contributed by atoms with E-state index in [1.54, 1.807) is 4.68 Å². The van der Waals surface area contributed by atoms with Gasteiger partial charge in [-0.25, -0.2) is 0 Å². The van der Waals surface area contributed by atoms with Gasteiger partial charge in [-0.05, 0) is 32.2 Å². The molecule has 1 aliphatic heterocycles. The highest BCUT2D eigenvalue weighted by atomic mass is 16.3. The van der Waals surface area contributed by atoms with Crippen molar-refractivity contribution in [3.05, 3.63) is 11.9 Å². The number of aliphatic hydroxyl groups excluding tert-OH is 1. The van der Waals surface area contributed by atoms with Crippen molar-refractivity contribution in [3.8, 4) is 0 Å². The van der Waals surface area contributed by atoms with Gasteiger partial charge in [-0.15, -0.1) is 5.10 Å². The SMILES string of the molecule is Cn1cc(CN2CCCC2C2CCCC2O)nn1. The summed E-state index contributed by atoms with van der Waals surface area (Å²) in [4.78, 5) is 2.49. The molecule has 3 unspecified atom stereocenters. The smallest absolute Gasteiger partial charge is 0.0967 e. The van der Waals surface area contributed by atoms with Crippen LogP contribution in [-0.2, 0) is 13.6 Å². The molecule has 1 N–H and O–H groups in total. The van der Waals surface area contributed by atoms with Gasteiger partial charge in [-0.1, -0.05) is 11.6 Å². The lowest BCUT2D eigenvalue weighted by Crippen LogP contribution is -2.38. The van der Waals surface area contributed by atoms with Crippen molar-refractivity contribution in [2.75, 3.05) is 6.54 Å². The molecule has 100 valence electrons. The van der Waals surface area contributed by atoms with Gasteiger partial charge in [0.1, 0.15) is 0 Å². The molecule has 0 radical (unpaired) electrons. The van der Waals surface area contributed by atoms with Crippen LogP contribution in [0.5, 0.6) is 0 Å². The summed E-state index contributed by atoms with van der Waals surface area (Å²) in [5, 5.41) is 18.2. The largest absolute Gasteiger partial charge is 0.393 e. The summed E-state index contributed by atoms with van der Waals surface area (Å²) in [7, 11) is 1.90. The highest BCUT2D eigenvalue weighted by Crippen LogP contribution is 2.36. The minimum atomic E-state index is -0.0857. The lowest BCUT2D eigenvalue weighted by molar-refractivity contribution is 0.0714. The van der Waals surface area contributed by atoms with Crippen LogP contribution in [0.15, 0.2) is 6.20 Å². The van der Waals surface area contributed by atoms with Crippen molar-refractivity contribution in [3.63, 3.8) is 0 Å². The molecule has 18 heavy (non-hydrogen) atoms. The topological polar surface area (TPSA) is 54.2 Å². The lowest BCUT2D eigenvalue weighted by atomic mass is 9.94. The first-order chi connectivity index (χ1) is 8.74. The lowest BCUT2D eigenvalue weighted by Gasteiger charge is -2.30. The van der Waals surface area contributed by atoms with E-state index < -0.39 is 0 Å². The average Bonchev–Trinajstić information content (AvgIpc) is 3.02. The molecule has 0 bridgehead atoms. The third-order valence-corrected chi connectivity index (χ3v) is 4.46. The highest BCUT2D eigenvalue weighted by molar-refractivity contribution is 4.97. The van der Waals surface area contributed by atoms with Crippen LogP contribution < -0.4 is 0 Å². The summed E-state index contributed by atoms with van der Waals surface area (Å²) < 4.78 is 1.75. The van der Waals surface area contributed by atoms with Gasteiger partial charge in [-0.3, -0.25) is 9.58 Å². The van der Waals surface area contributed by atoms with Crippen LogP contribution in [0, 0.1) is 5.92 Å². The second-order valence-corrected chi connectivity index (χ2v) is 5.73. The van der Waals surface area contributed by atoms with E-state index in [-0.39, 0.29) is 6.10 Å². The maximum Gasteiger partial charge on any atom is 0.0967 e. The zero-order valence-electron chi connectivity index (χ0n) is 11.0. The Kier molecular flexibility index (Phi) is 3.35. The molecule has 3 rings (SSSR count). The molecule has 1 aliphatic carbocycles. The Balaban J connectivity index is 1.67. The minimum Gasteiger partial charge on any atom is -0.393 e. The zero-order valence-corrected chi connectivity index (χ0v) is 11.0. The van der Waals surface area contributed by atoms with Crippen molar-refractivity contribution in [2.24, 2.45) is 13.0 Å². The van der Waals surface area contributed by atoms with Crippen molar-refractivity contribution in [1.82, 2.24) is 19.9 Å². The number of rotatable bonds is 3. The quantitative estimate of drug-likeness (QED) is 0.867. The minimum absolute atomic E-state index is 0.0857. The summed E-state index contributed by atoms with van der Waals surface area (Å²) in [6.45, 7) is 2.01. The van der Waals surface area contributed by atoms with E-state index in [9.17, 15) is 5.11 Å². The predicted molar refractivity (Wildman–Crippen MR) is 67.8 cm³/mol. The third-order valence-electron chi connectivity index (χ3n) is 4.46. The molecule has 0 aromatic carbocycles. The molecule has 5 nitrogen and oxygen atoms in total. The number of aromatic nitrogens is 3. The molecular weight excluding hydrogens is 228 g/mol. The van der Waals surface area contributed by atoms with E-state index in [0.717, 1.165) is 25.2 Å². The summed E-state index contributed by atoms with van der Waals surface area (Å²) >= 11 is 0. The fourth-order valence-corrected chi connectivity index (χ4v) is 3.63. The van der Waals surface area contributed by atoms with Gasteiger partial charge in [0, 0.05) is 31.7 Å². The Morgan fingerprint density at radius 2 is 2.22 bits per heavy atom. The van der Waals surface area contributed by atoms with E-state index in [1.807, 2.05) is 13.2 Å². The summed E-state index contributed by atoms with van der Waals surface area (Å²) in [5.41, 5.74) is 1.04. The van der Waals surface area contributed by atoms with Crippen molar-refractivity contribution >= 4 is 0 Å². The Labute approximate surface area is 108 Å². The Morgan fingerprint density at radius 3 is 2.89 bits per heavy atom. The molecule has 1 aromatic heterocycles. The first kappa shape index (κ1) is 12.1. The average molecular weight is 250 g/mol. The number of aliphatic hydroxyl groups is 1. The van der Waals surface area contributed by atoms with Crippen LogP contribution in [0.2, 0.25) is 0 Å². The molecule has 1 aromatic rings. The molecule has 1 saturated carbocycles. The van der Waals surface area contributed by atoms with E-state index in [2.05, 4.69) is 15.2 Å². The molecule has 0 spiro atoms. The Hall–Kier alpha value is -0.940. The van der Waals surface area contributed by atoms with Crippen LogP contribution in [0.25, 0.3) is 0 Å². The summed E-state index contributed by atoms with van der Waals surface area (Å²) in [6.07, 6.45) is 7.72. The van der Waals surface area contributed by atoms with Crippen molar-refractivity contribution < 1.29 is 5.11 Å². The fourth-order valence-electron chi connectivity index (χ4n) is 3.63. The molecule has 1 saturated heterocycles. The maximum absolute atomic E-state index is 10.1. The second kappa shape index (κ2) is 4.97. The van der Waals surface area contributed by atoms with Crippen molar-refractivity contribution in [2.45, 2.75) is 50.8 Å². The normalized spacial score (nSPS) is 33.3. The van der Waals surface area contributed by atoms with E-state index in [4.69, 9.17) is 0 Å². The molecular formula is C13H22N4O. The van der Waals surface area contributed by atoms with E-state index >= 15 is 0 Å². The van der Waals surface area contributed by atoms with Gasteiger partial charge in [0.2, 0.25) is 0 Å². The van der Waals surface area contributed by atoms with Gasteiger partial charge < -0.3 is 5.11 Å². The van der Waals surface area contributed by atoms with E-state index in [1.165, 1.54) is 25.7 Å². The second-order valence-electron chi connectivity index (χ2n) is 5.73. The first-order valence-corrected chi connectivity index (χ1v) is 7.01. The van der Waals surface area contributed by atoms with E-state index in [0.29, 0.717) is 12.0 Å². The number of aryl methyl sites for hydroxylation is 1.